The molecule has 2 amide bonds. The van der Waals surface area contributed by atoms with Crippen LogP contribution in [0.1, 0.15) is 52.2 Å². The first-order chi connectivity index (χ1) is 20.7. The summed E-state index contributed by atoms with van der Waals surface area (Å²) in [5.41, 5.74) is 1.52. The summed E-state index contributed by atoms with van der Waals surface area (Å²) in [7, 11) is 1.33. The monoisotopic (exact) mass is 621 g/mol. The van der Waals surface area contributed by atoms with Gasteiger partial charge in [-0.05, 0) is 66.6 Å². The normalized spacial score (nSPS) is 26.4. The Kier molecular flexibility index (Phi) is 6.99. The van der Waals surface area contributed by atoms with Crippen LogP contribution in [0.3, 0.4) is 0 Å². The van der Waals surface area contributed by atoms with Crippen LogP contribution in [0.5, 0.6) is 0 Å². The minimum atomic E-state index is -1.31. The van der Waals surface area contributed by atoms with Gasteiger partial charge in [-0.2, -0.15) is 0 Å². The van der Waals surface area contributed by atoms with Crippen LogP contribution in [-0.2, 0) is 26.4 Å². The molecule has 0 bridgehead atoms. The Bertz CT molecular complexity index is 1650. The van der Waals surface area contributed by atoms with E-state index in [-0.39, 0.29) is 28.4 Å². The summed E-state index contributed by atoms with van der Waals surface area (Å²) in [5, 5.41) is 3.47. The smallest absolute Gasteiger partial charge is 0.337 e. The van der Waals surface area contributed by atoms with Crippen molar-refractivity contribution in [3.8, 4) is 0 Å². The molecule has 1 aliphatic carbocycles. The molecule has 3 heterocycles. The second-order valence-corrected chi connectivity index (χ2v) is 12.8. The number of nitrogens with zero attached hydrogens (tertiary/aromatic N) is 2. The van der Waals surface area contributed by atoms with Crippen LogP contribution in [0.25, 0.3) is 0 Å². The molecule has 3 fully saturated rings. The van der Waals surface area contributed by atoms with Crippen molar-refractivity contribution >= 4 is 46.7 Å². The van der Waals surface area contributed by atoms with Crippen molar-refractivity contribution in [3.05, 3.63) is 98.8 Å². The fourth-order valence-electron chi connectivity index (χ4n) is 7.53. The Balaban J connectivity index is 1.35. The predicted octanol–water partition coefficient (Wildman–Crippen LogP) is 5.99. The third kappa shape index (κ3) is 4.45. The molecule has 3 aromatic carbocycles. The molecule has 3 aromatic rings. The van der Waals surface area contributed by atoms with E-state index >= 15 is 4.39 Å². The van der Waals surface area contributed by atoms with Gasteiger partial charge in [0.2, 0.25) is 11.8 Å². The molecule has 3 aliphatic heterocycles. The van der Waals surface area contributed by atoms with Gasteiger partial charge in [0.15, 0.2) is 0 Å². The zero-order valence-electron chi connectivity index (χ0n) is 23.5. The van der Waals surface area contributed by atoms with E-state index in [1.807, 2.05) is 6.07 Å². The molecule has 4 atom stereocenters. The Morgan fingerprint density at radius 3 is 2.56 bits per heavy atom. The summed E-state index contributed by atoms with van der Waals surface area (Å²) in [6.45, 7) is 1.44. The molecular formula is C33H30Cl2FN3O4. The maximum Gasteiger partial charge on any atom is 0.337 e. The Labute approximate surface area is 258 Å². The molecule has 7 nitrogen and oxygen atoms in total. The number of rotatable bonds is 6. The predicted molar refractivity (Wildman–Crippen MR) is 160 cm³/mol. The molecule has 2 saturated heterocycles. The molecule has 0 aromatic heterocycles. The summed E-state index contributed by atoms with van der Waals surface area (Å²) in [6.07, 6.45) is 2.73. The number of piperidine rings is 1. The highest BCUT2D eigenvalue weighted by Gasteiger charge is 2.69. The first-order valence-electron chi connectivity index (χ1n) is 14.5. The van der Waals surface area contributed by atoms with E-state index in [1.165, 1.54) is 13.2 Å². The van der Waals surface area contributed by atoms with E-state index in [9.17, 15) is 14.4 Å². The van der Waals surface area contributed by atoms with E-state index < -0.39 is 29.2 Å². The molecule has 1 N–H and O–H groups in total. The zero-order valence-corrected chi connectivity index (χ0v) is 25.0. The quantitative estimate of drug-likeness (QED) is 0.342. The number of anilines is 1. The van der Waals surface area contributed by atoms with Crippen LogP contribution >= 0.6 is 23.2 Å². The Morgan fingerprint density at radius 1 is 1.07 bits per heavy atom. The lowest BCUT2D eigenvalue weighted by Gasteiger charge is -2.40. The number of nitrogens with one attached hydrogen (secondary N) is 1. The maximum atomic E-state index is 16.1. The highest BCUT2D eigenvalue weighted by Crippen LogP contribution is 2.62. The molecule has 1 spiro atoms. The van der Waals surface area contributed by atoms with E-state index in [4.69, 9.17) is 27.9 Å². The Morgan fingerprint density at radius 2 is 1.84 bits per heavy atom. The van der Waals surface area contributed by atoms with Crippen molar-refractivity contribution in [2.45, 2.75) is 43.3 Å². The number of methoxy groups -OCH3 is 1. The number of likely N-dealkylation sites (tertiary alicyclic amines) is 2. The first kappa shape index (κ1) is 28.3. The standard InChI is InChI=1S/C33H30Cl2FN3O4/c1-43-31(41)20-9-7-18(8-10-20)16-38-14-13-26-27(30(38)40)28(22-3-2-4-24(35)29(22)36)33(39(26)17-19-5-6-19)23-12-11-21(34)15-25(23)37-32(33)42/h2-4,7-12,15,19,26-28H,5-6,13-14,16-17H2,1H3,(H,37,42)/t26?,27-,28+,33-/m1/s1. The number of carbonyl (C=O) groups excluding carboxylic acids is 3. The van der Waals surface area contributed by atoms with Gasteiger partial charge >= 0.3 is 5.97 Å². The van der Waals surface area contributed by atoms with Crippen LogP contribution < -0.4 is 5.32 Å². The number of fused-ring (bicyclic) bond motifs is 3. The number of esters is 1. The van der Waals surface area contributed by atoms with Gasteiger partial charge in [-0.25, -0.2) is 9.18 Å². The second kappa shape index (κ2) is 10.6. The van der Waals surface area contributed by atoms with Crippen molar-refractivity contribution in [3.63, 3.8) is 0 Å². The second-order valence-electron chi connectivity index (χ2n) is 12.0. The summed E-state index contributed by atoms with van der Waals surface area (Å²) in [4.78, 5) is 44.9. The SMILES string of the molecule is COC(=O)c1ccc(CN2CCC3[C@@H](C2=O)[C@H](c2cccc(Cl)c2F)[C@]2(C(=O)Nc4cc(Cl)ccc42)N3CC2CC2)cc1. The van der Waals surface area contributed by atoms with Gasteiger partial charge < -0.3 is 15.0 Å². The molecule has 7 rings (SSSR count). The highest BCUT2D eigenvalue weighted by atomic mass is 35.5. The molecular weight excluding hydrogens is 592 g/mol. The van der Waals surface area contributed by atoms with Crippen molar-refractivity contribution in [2.75, 3.05) is 25.5 Å². The number of carbonyl (C=O) groups is 3. The number of hydrogen-bond donors (Lipinski definition) is 1. The van der Waals surface area contributed by atoms with Crippen molar-refractivity contribution in [1.29, 1.82) is 0 Å². The van der Waals surface area contributed by atoms with Gasteiger partial charge in [-0.3, -0.25) is 14.5 Å². The minimum Gasteiger partial charge on any atom is -0.465 e. The zero-order chi connectivity index (χ0) is 30.0. The van der Waals surface area contributed by atoms with E-state index in [0.29, 0.717) is 53.8 Å². The van der Waals surface area contributed by atoms with Gasteiger partial charge in [-0.15, -0.1) is 0 Å². The number of hydrogen-bond acceptors (Lipinski definition) is 5. The average molecular weight is 623 g/mol. The third-order valence-electron chi connectivity index (χ3n) is 9.57. The van der Waals surface area contributed by atoms with Gasteiger partial charge in [0.25, 0.3) is 0 Å². The maximum absolute atomic E-state index is 16.1. The van der Waals surface area contributed by atoms with E-state index in [0.717, 1.165) is 18.4 Å². The molecule has 4 aliphatic rings. The summed E-state index contributed by atoms with van der Waals surface area (Å²) >= 11 is 12.7. The molecule has 1 unspecified atom stereocenters. The largest absolute Gasteiger partial charge is 0.465 e. The van der Waals surface area contributed by atoms with E-state index in [1.54, 1.807) is 53.4 Å². The number of halogens is 3. The third-order valence-corrected chi connectivity index (χ3v) is 10.1. The number of amides is 2. The average Bonchev–Trinajstić information content (AvgIpc) is 3.72. The molecule has 10 heteroatoms. The molecule has 222 valence electrons. The van der Waals surface area contributed by atoms with Gasteiger partial charge in [0, 0.05) is 47.9 Å². The van der Waals surface area contributed by atoms with Crippen LogP contribution in [0, 0.1) is 17.7 Å². The van der Waals surface area contributed by atoms with Crippen LogP contribution in [0.15, 0.2) is 60.7 Å². The minimum absolute atomic E-state index is 0.0506. The highest BCUT2D eigenvalue weighted by molar-refractivity contribution is 6.31. The Hall–Kier alpha value is -3.46. The fourth-order valence-corrected chi connectivity index (χ4v) is 7.89. The lowest BCUT2D eigenvalue weighted by atomic mass is 9.70. The van der Waals surface area contributed by atoms with Crippen molar-refractivity contribution < 1.29 is 23.5 Å². The lowest BCUT2D eigenvalue weighted by Crippen LogP contribution is -2.54. The van der Waals surface area contributed by atoms with Crippen LogP contribution in [-0.4, -0.2) is 53.8 Å². The molecule has 43 heavy (non-hydrogen) atoms. The van der Waals surface area contributed by atoms with Gasteiger partial charge in [0.05, 0.1) is 23.6 Å². The fraction of sp³-hybridized carbons (Fsp3) is 0.364. The summed E-state index contributed by atoms with van der Waals surface area (Å²) in [6, 6.07) is 16.8. The first-order valence-corrected chi connectivity index (χ1v) is 15.3. The van der Waals surface area contributed by atoms with Crippen LogP contribution in [0.2, 0.25) is 10.0 Å². The number of benzene rings is 3. The van der Waals surface area contributed by atoms with Crippen molar-refractivity contribution in [1.82, 2.24) is 9.80 Å². The molecule has 0 radical (unpaired) electrons. The van der Waals surface area contributed by atoms with Gasteiger partial charge in [0.1, 0.15) is 11.4 Å². The summed E-state index contributed by atoms with van der Waals surface area (Å²) < 4.78 is 20.9. The van der Waals surface area contributed by atoms with Crippen molar-refractivity contribution in [2.24, 2.45) is 11.8 Å². The lowest BCUT2D eigenvalue weighted by molar-refractivity contribution is -0.141. The topological polar surface area (TPSA) is 78.9 Å². The van der Waals surface area contributed by atoms with Crippen LogP contribution in [0.4, 0.5) is 10.1 Å². The number of ether oxygens (including phenoxy) is 1. The molecule has 1 saturated carbocycles. The van der Waals surface area contributed by atoms with Gasteiger partial charge in [-0.1, -0.05) is 53.5 Å². The summed E-state index contributed by atoms with van der Waals surface area (Å²) in [5.74, 6) is -2.56. The van der Waals surface area contributed by atoms with E-state index in [2.05, 4.69) is 10.2 Å².